The molecule has 1 unspecified atom stereocenters. The highest BCUT2D eigenvalue weighted by Gasteiger charge is 2.62. The van der Waals surface area contributed by atoms with Crippen LogP contribution < -0.4 is 16.0 Å². The van der Waals surface area contributed by atoms with E-state index in [1.807, 2.05) is 18.2 Å². The summed E-state index contributed by atoms with van der Waals surface area (Å²) in [6, 6.07) is 6.16. The largest absolute Gasteiger partial charge is 0.479 e. The van der Waals surface area contributed by atoms with Crippen molar-refractivity contribution in [3.05, 3.63) is 35.4 Å². The van der Waals surface area contributed by atoms with Crippen LogP contribution in [0.5, 0.6) is 0 Å². The third-order valence-corrected chi connectivity index (χ3v) is 10.9. The number of rotatable bonds is 4. The summed E-state index contributed by atoms with van der Waals surface area (Å²) >= 11 is 0. The Bertz CT molecular complexity index is 1290. The van der Waals surface area contributed by atoms with Crippen molar-refractivity contribution in [3.8, 4) is 0 Å². The summed E-state index contributed by atoms with van der Waals surface area (Å²) in [5, 5.41) is 30.8. The van der Waals surface area contributed by atoms with E-state index in [2.05, 4.69) is 22.0 Å². The first-order valence-electron chi connectivity index (χ1n) is 17.3. The second-order valence-electron chi connectivity index (χ2n) is 14.0. The molecular formula is C34H49N5O7. The number of carboxylic acids is 1. The average molecular weight is 640 g/mol. The van der Waals surface area contributed by atoms with E-state index >= 15 is 0 Å². The van der Waals surface area contributed by atoms with E-state index in [-0.39, 0.29) is 31.0 Å². The fourth-order valence-electron chi connectivity index (χ4n) is 8.05. The first-order chi connectivity index (χ1) is 22.2. The van der Waals surface area contributed by atoms with Crippen LogP contribution in [0.4, 0.5) is 9.59 Å². The molecule has 1 aromatic carbocycles. The van der Waals surface area contributed by atoms with Gasteiger partial charge >= 0.3 is 18.1 Å². The van der Waals surface area contributed by atoms with Gasteiger partial charge in [0.05, 0.1) is 12.1 Å². The highest BCUT2D eigenvalue weighted by atomic mass is 16.6. The fourth-order valence-corrected chi connectivity index (χ4v) is 8.05. The van der Waals surface area contributed by atoms with Gasteiger partial charge in [-0.2, -0.15) is 0 Å². The molecule has 5 aliphatic rings. The van der Waals surface area contributed by atoms with E-state index in [1.54, 1.807) is 9.80 Å². The number of amides is 4. The maximum absolute atomic E-state index is 13.9. The molecule has 12 nitrogen and oxygen atoms in total. The zero-order chi connectivity index (χ0) is 32.3. The van der Waals surface area contributed by atoms with Gasteiger partial charge in [0.25, 0.3) is 0 Å². The standard InChI is InChI=1S/C34H49N5O7/c40-29-28-18-26(46-33(45)38-17-16-22-10-6-7-11-23(22)20-38)21-39(28)30(41)27(36-32(44)35-25-13-8-9-14-25)15-5-3-1-2-4-12-24-19-34(24,37-29)31(42)43/h6-7,10-11,24-28,30,41H,1-5,8-9,12-21H2,(H,37,40)(H,42,43)(H2,35,36,44)/t24-,26-,27+,28+,30?,34-/m1/s1. The molecule has 0 aromatic heterocycles. The number of hydrogen-bond donors (Lipinski definition) is 5. The maximum Gasteiger partial charge on any atom is 0.410 e. The van der Waals surface area contributed by atoms with E-state index < -0.39 is 47.9 Å². The van der Waals surface area contributed by atoms with Crippen LogP contribution in [-0.4, -0.2) is 93.1 Å². The van der Waals surface area contributed by atoms with Gasteiger partial charge in [0.1, 0.15) is 17.9 Å². The monoisotopic (exact) mass is 639 g/mol. The normalized spacial score (nSPS) is 32.5. The van der Waals surface area contributed by atoms with E-state index in [4.69, 9.17) is 4.74 Å². The Balaban J connectivity index is 1.19. The number of fused-ring (bicyclic) bond motifs is 3. The van der Waals surface area contributed by atoms with Gasteiger partial charge in [0, 0.05) is 32.1 Å². The number of hydrogen-bond acceptors (Lipinski definition) is 7. The molecule has 0 bridgehead atoms. The van der Waals surface area contributed by atoms with Crippen molar-refractivity contribution in [2.45, 2.75) is 132 Å². The summed E-state index contributed by atoms with van der Waals surface area (Å²) in [6.07, 6.45) is 8.58. The summed E-state index contributed by atoms with van der Waals surface area (Å²) < 4.78 is 5.96. The minimum atomic E-state index is -1.32. The number of ether oxygens (including phenoxy) is 1. The first kappa shape index (κ1) is 32.6. The van der Waals surface area contributed by atoms with E-state index in [0.29, 0.717) is 25.9 Å². The Morgan fingerprint density at radius 3 is 2.39 bits per heavy atom. The molecule has 5 N–H and O–H groups in total. The lowest BCUT2D eigenvalue weighted by Crippen LogP contribution is -2.59. The quantitative estimate of drug-likeness (QED) is 0.336. The summed E-state index contributed by atoms with van der Waals surface area (Å²) in [7, 11) is 0. The number of urea groups is 1. The number of nitrogens with zero attached hydrogens (tertiary/aromatic N) is 2. The van der Waals surface area contributed by atoms with E-state index in [9.17, 15) is 29.4 Å². The molecule has 0 spiro atoms. The van der Waals surface area contributed by atoms with Gasteiger partial charge in [-0.15, -0.1) is 0 Å². The van der Waals surface area contributed by atoms with Crippen LogP contribution in [0.3, 0.4) is 0 Å². The molecular weight excluding hydrogens is 590 g/mol. The molecule has 12 heteroatoms. The van der Waals surface area contributed by atoms with Crippen LogP contribution in [0.15, 0.2) is 24.3 Å². The Morgan fingerprint density at radius 2 is 1.63 bits per heavy atom. The molecule has 0 radical (unpaired) electrons. The lowest BCUT2D eigenvalue weighted by molar-refractivity contribution is -0.145. The van der Waals surface area contributed by atoms with Crippen molar-refractivity contribution in [2.75, 3.05) is 13.1 Å². The first-order valence-corrected chi connectivity index (χ1v) is 17.3. The Hall–Kier alpha value is -3.38. The highest BCUT2D eigenvalue weighted by Crippen LogP contribution is 2.47. The number of carbonyl (C=O) groups is 4. The van der Waals surface area contributed by atoms with Crippen LogP contribution in [0.25, 0.3) is 0 Å². The summed E-state index contributed by atoms with van der Waals surface area (Å²) in [5.74, 6) is -1.68. The molecule has 3 aliphatic heterocycles. The van der Waals surface area contributed by atoms with Gasteiger partial charge in [0.2, 0.25) is 5.91 Å². The Morgan fingerprint density at radius 1 is 0.935 bits per heavy atom. The number of aliphatic hydroxyl groups is 1. The van der Waals surface area contributed by atoms with Gasteiger partial charge in [-0.25, -0.2) is 14.4 Å². The van der Waals surface area contributed by atoms with Crippen molar-refractivity contribution >= 4 is 24.0 Å². The second-order valence-corrected chi connectivity index (χ2v) is 14.0. The summed E-state index contributed by atoms with van der Waals surface area (Å²) in [6.45, 7) is 1.04. The molecule has 2 saturated carbocycles. The molecule has 6 rings (SSSR count). The van der Waals surface area contributed by atoms with Gasteiger partial charge < -0.3 is 35.8 Å². The molecule has 4 fully saturated rings. The Labute approximate surface area is 270 Å². The lowest BCUT2D eigenvalue weighted by Gasteiger charge is -2.35. The fraction of sp³-hybridized carbons (Fsp3) is 0.706. The van der Waals surface area contributed by atoms with Crippen molar-refractivity contribution in [1.82, 2.24) is 25.8 Å². The predicted octanol–water partition coefficient (Wildman–Crippen LogP) is 3.26. The SMILES string of the molecule is O=C(NC1CCCC1)N[C@H]1CCCCCCC[C@@H]2C[C@@]2(C(=O)O)NC(=O)[C@@H]2C[C@@H](OC(=O)N3CCc4ccccc4C3)CN2C1O. The zero-order valence-electron chi connectivity index (χ0n) is 26.6. The summed E-state index contributed by atoms with van der Waals surface area (Å²) in [5.41, 5.74) is 0.963. The van der Waals surface area contributed by atoms with Crippen LogP contribution >= 0.6 is 0 Å². The molecule has 3 heterocycles. The third-order valence-electron chi connectivity index (χ3n) is 10.9. The van der Waals surface area contributed by atoms with Crippen molar-refractivity contribution in [1.29, 1.82) is 0 Å². The highest BCUT2D eigenvalue weighted by molar-refractivity contribution is 5.92. The topological polar surface area (TPSA) is 161 Å². The number of carboxylic acid groups (broad SMARTS) is 1. The van der Waals surface area contributed by atoms with Crippen molar-refractivity contribution < 1.29 is 34.1 Å². The van der Waals surface area contributed by atoms with Crippen LogP contribution in [0.1, 0.15) is 94.6 Å². The minimum Gasteiger partial charge on any atom is -0.479 e. The summed E-state index contributed by atoms with van der Waals surface area (Å²) in [4.78, 5) is 55.9. The Kier molecular flexibility index (Phi) is 10.0. The number of nitrogens with one attached hydrogen (secondary N) is 3. The van der Waals surface area contributed by atoms with Crippen LogP contribution in [0, 0.1) is 5.92 Å². The molecule has 1 aromatic rings. The number of carbonyl (C=O) groups excluding carboxylic acids is 3. The van der Waals surface area contributed by atoms with Crippen LogP contribution in [0.2, 0.25) is 0 Å². The van der Waals surface area contributed by atoms with Gasteiger partial charge in [-0.1, -0.05) is 69.2 Å². The lowest BCUT2D eigenvalue weighted by atomic mass is 10.0. The van der Waals surface area contributed by atoms with Gasteiger partial charge in [0.15, 0.2) is 0 Å². The number of benzene rings is 1. The predicted molar refractivity (Wildman–Crippen MR) is 169 cm³/mol. The minimum absolute atomic E-state index is 0.0847. The molecule has 2 aliphatic carbocycles. The number of aliphatic carboxylic acids is 1. The second kappa shape index (κ2) is 14.2. The average Bonchev–Trinajstić information content (AvgIpc) is 3.32. The third kappa shape index (κ3) is 7.27. The van der Waals surface area contributed by atoms with E-state index in [1.165, 1.54) is 5.56 Å². The van der Waals surface area contributed by atoms with E-state index in [0.717, 1.165) is 76.2 Å². The molecule has 46 heavy (non-hydrogen) atoms. The van der Waals surface area contributed by atoms with Crippen molar-refractivity contribution in [2.24, 2.45) is 5.92 Å². The van der Waals surface area contributed by atoms with Gasteiger partial charge in [-0.05, 0) is 55.6 Å². The zero-order valence-corrected chi connectivity index (χ0v) is 26.6. The molecule has 4 amide bonds. The molecule has 2 saturated heterocycles. The molecule has 6 atom stereocenters. The van der Waals surface area contributed by atoms with Crippen LogP contribution in [-0.2, 0) is 27.3 Å². The maximum atomic E-state index is 13.9. The molecule has 252 valence electrons. The van der Waals surface area contributed by atoms with Crippen molar-refractivity contribution in [3.63, 3.8) is 0 Å². The smallest absolute Gasteiger partial charge is 0.410 e. The number of aliphatic hydroxyl groups excluding tert-OH is 1. The van der Waals surface area contributed by atoms with Gasteiger partial charge in [-0.3, -0.25) is 9.69 Å².